The SMILES string of the molecule is Cc1c(-c2ccc(F)cc2)[nH]c2ccc(CNC(=O)C(C)O)cc12. The molecule has 3 N–H and O–H groups in total. The molecule has 1 amide bonds. The summed E-state index contributed by atoms with van der Waals surface area (Å²) in [6.07, 6.45) is -1.02. The van der Waals surface area contributed by atoms with Gasteiger partial charge in [0.15, 0.2) is 0 Å². The number of aromatic amines is 1. The molecule has 1 heterocycles. The average Bonchev–Trinajstić information content (AvgIpc) is 2.90. The van der Waals surface area contributed by atoms with Crippen LogP contribution in [0.1, 0.15) is 18.1 Å². The molecule has 5 heteroatoms. The number of amides is 1. The Morgan fingerprint density at radius 2 is 1.96 bits per heavy atom. The number of H-pyrrole nitrogens is 1. The summed E-state index contributed by atoms with van der Waals surface area (Å²) in [6, 6.07) is 12.3. The van der Waals surface area contributed by atoms with E-state index in [1.165, 1.54) is 19.1 Å². The van der Waals surface area contributed by atoms with E-state index in [1.807, 2.05) is 25.1 Å². The summed E-state index contributed by atoms with van der Waals surface area (Å²) >= 11 is 0. The fourth-order valence-electron chi connectivity index (χ4n) is 2.73. The largest absolute Gasteiger partial charge is 0.384 e. The molecule has 3 rings (SSSR count). The van der Waals surface area contributed by atoms with E-state index in [-0.39, 0.29) is 5.82 Å². The smallest absolute Gasteiger partial charge is 0.248 e. The van der Waals surface area contributed by atoms with Gasteiger partial charge in [0, 0.05) is 23.1 Å². The van der Waals surface area contributed by atoms with Crippen LogP contribution in [0.5, 0.6) is 0 Å². The zero-order chi connectivity index (χ0) is 17.3. The van der Waals surface area contributed by atoms with Gasteiger partial charge in [-0.05, 0) is 66.9 Å². The first kappa shape index (κ1) is 16.2. The van der Waals surface area contributed by atoms with Crippen LogP contribution < -0.4 is 5.32 Å². The molecule has 24 heavy (non-hydrogen) atoms. The van der Waals surface area contributed by atoms with E-state index in [2.05, 4.69) is 10.3 Å². The minimum Gasteiger partial charge on any atom is -0.384 e. The fourth-order valence-corrected chi connectivity index (χ4v) is 2.73. The van der Waals surface area contributed by atoms with E-state index in [4.69, 9.17) is 0 Å². The zero-order valence-electron chi connectivity index (χ0n) is 13.6. The molecule has 0 aliphatic heterocycles. The first-order valence-electron chi connectivity index (χ1n) is 7.78. The third kappa shape index (κ3) is 3.16. The molecule has 0 aliphatic carbocycles. The Morgan fingerprint density at radius 3 is 2.62 bits per heavy atom. The summed E-state index contributed by atoms with van der Waals surface area (Å²) < 4.78 is 13.1. The number of aromatic nitrogens is 1. The normalized spacial score (nSPS) is 12.3. The standard InChI is InChI=1S/C19H19FN2O2/c1-11-16-9-13(10-21-19(24)12(2)23)3-8-17(16)22-18(11)14-4-6-15(20)7-5-14/h3-9,12,22-23H,10H2,1-2H3,(H,21,24). The molecule has 1 atom stereocenters. The number of aliphatic hydroxyl groups excluding tert-OH is 1. The van der Waals surface area contributed by atoms with Crippen LogP contribution >= 0.6 is 0 Å². The number of hydrogen-bond donors (Lipinski definition) is 3. The van der Waals surface area contributed by atoms with Crippen molar-refractivity contribution in [2.24, 2.45) is 0 Å². The quantitative estimate of drug-likeness (QED) is 0.689. The molecule has 0 fully saturated rings. The Labute approximate surface area is 139 Å². The van der Waals surface area contributed by atoms with Gasteiger partial charge in [0.25, 0.3) is 0 Å². The van der Waals surface area contributed by atoms with Crippen molar-refractivity contribution < 1.29 is 14.3 Å². The van der Waals surface area contributed by atoms with E-state index < -0.39 is 12.0 Å². The van der Waals surface area contributed by atoms with Crippen LogP contribution in [0.15, 0.2) is 42.5 Å². The topological polar surface area (TPSA) is 65.1 Å². The Hall–Kier alpha value is -2.66. The minimum absolute atomic E-state index is 0.261. The minimum atomic E-state index is -1.02. The second kappa shape index (κ2) is 6.45. The summed E-state index contributed by atoms with van der Waals surface area (Å²) in [5, 5.41) is 13.0. The predicted molar refractivity (Wildman–Crippen MR) is 92.0 cm³/mol. The van der Waals surface area contributed by atoms with Crippen LogP contribution in [-0.4, -0.2) is 22.1 Å². The molecule has 3 aromatic rings. The van der Waals surface area contributed by atoms with Crippen molar-refractivity contribution in [1.82, 2.24) is 10.3 Å². The van der Waals surface area contributed by atoms with E-state index >= 15 is 0 Å². The Morgan fingerprint density at radius 1 is 1.25 bits per heavy atom. The lowest BCUT2D eigenvalue weighted by molar-refractivity contribution is -0.128. The molecule has 0 aliphatic rings. The van der Waals surface area contributed by atoms with Gasteiger partial charge >= 0.3 is 0 Å². The van der Waals surface area contributed by atoms with Crippen LogP contribution in [0.2, 0.25) is 0 Å². The fraction of sp³-hybridized carbons (Fsp3) is 0.211. The molecule has 1 aromatic heterocycles. The molecule has 0 bridgehead atoms. The highest BCUT2D eigenvalue weighted by Crippen LogP contribution is 2.30. The highest BCUT2D eigenvalue weighted by molar-refractivity contribution is 5.91. The first-order chi connectivity index (χ1) is 11.5. The average molecular weight is 326 g/mol. The van der Waals surface area contributed by atoms with Gasteiger partial charge < -0.3 is 15.4 Å². The van der Waals surface area contributed by atoms with E-state index in [0.29, 0.717) is 6.54 Å². The van der Waals surface area contributed by atoms with Gasteiger partial charge in [0.1, 0.15) is 11.9 Å². The highest BCUT2D eigenvalue weighted by atomic mass is 19.1. The second-order valence-corrected chi connectivity index (χ2v) is 5.91. The van der Waals surface area contributed by atoms with Gasteiger partial charge in [-0.15, -0.1) is 0 Å². The summed E-state index contributed by atoms with van der Waals surface area (Å²) in [6.45, 7) is 3.80. The number of carbonyl (C=O) groups excluding carboxylic acids is 1. The van der Waals surface area contributed by atoms with Crippen molar-refractivity contribution in [1.29, 1.82) is 0 Å². The number of carbonyl (C=O) groups is 1. The molecule has 0 spiro atoms. The van der Waals surface area contributed by atoms with Gasteiger partial charge in [0.05, 0.1) is 0 Å². The number of benzene rings is 2. The van der Waals surface area contributed by atoms with Crippen molar-refractivity contribution in [3.05, 3.63) is 59.4 Å². The number of nitrogens with one attached hydrogen (secondary N) is 2. The molecular weight excluding hydrogens is 307 g/mol. The number of aryl methyl sites for hydroxylation is 1. The molecule has 0 radical (unpaired) electrons. The molecule has 1 unspecified atom stereocenters. The maximum atomic E-state index is 13.1. The van der Waals surface area contributed by atoms with E-state index in [1.54, 1.807) is 12.1 Å². The predicted octanol–water partition coefficient (Wildman–Crippen LogP) is 3.28. The molecule has 0 saturated heterocycles. The molecular formula is C19H19FN2O2. The maximum absolute atomic E-state index is 13.1. The van der Waals surface area contributed by atoms with Gasteiger partial charge in [-0.2, -0.15) is 0 Å². The van der Waals surface area contributed by atoms with E-state index in [9.17, 15) is 14.3 Å². The number of fused-ring (bicyclic) bond motifs is 1. The van der Waals surface area contributed by atoms with Gasteiger partial charge in [-0.1, -0.05) is 6.07 Å². The van der Waals surface area contributed by atoms with Crippen LogP contribution in [0.25, 0.3) is 22.2 Å². The Balaban J connectivity index is 1.91. The maximum Gasteiger partial charge on any atom is 0.248 e. The van der Waals surface area contributed by atoms with Crippen LogP contribution in [0.4, 0.5) is 4.39 Å². The Bertz CT molecular complexity index is 882. The molecule has 124 valence electrons. The van der Waals surface area contributed by atoms with Crippen molar-refractivity contribution in [2.75, 3.05) is 0 Å². The Kier molecular flexibility index (Phi) is 4.36. The summed E-state index contributed by atoms with van der Waals surface area (Å²) in [5.41, 5.74) is 4.88. The lowest BCUT2D eigenvalue weighted by atomic mass is 10.0. The van der Waals surface area contributed by atoms with Crippen LogP contribution in [0, 0.1) is 12.7 Å². The molecule has 2 aromatic carbocycles. The van der Waals surface area contributed by atoms with Crippen LogP contribution in [0.3, 0.4) is 0 Å². The number of rotatable bonds is 4. The zero-order valence-corrected chi connectivity index (χ0v) is 13.6. The lowest BCUT2D eigenvalue weighted by Gasteiger charge is -2.07. The summed E-state index contributed by atoms with van der Waals surface area (Å²) in [5.74, 6) is -0.656. The molecule has 4 nitrogen and oxygen atoms in total. The van der Waals surface area contributed by atoms with Crippen molar-refractivity contribution in [2.45, 2.75) is 26.5 Å². The number of hydrogen-bond acceptors (Lipinski definition) is 2. The van der Waals surface area contributed by atoms with Crippen molar-refractivity contribution in [3.63, 3.8) is 0 Å². The van der Waals surface area contributed by atoms with E-state index in [0.717, 1.165) is 33.3 Å². The number of halogens is 1. The summed E-state index contributed by atoms with van der Waals surface area (Å²) in [7, 11) is 0. The first-order valence-corrected chi connectivity index (χ1v) is 7.78. The van der Waals surface area contributed by atoms with Crippen molar-refractivity contribution in [3.8, 4) is 11.3 Å². The van der Waals surface area contributed by atoms with Gasteiger partial charge in [-0.25, -0.2) is 4.39 Å². The third-order valence-electron chi connectivity index (χ3n) is 4.10. The van der Waals surface area contributed by atoms with Gasteiger partial charge in [-0.3, -0.25) is 4.79 Å². The highest BCUT2D eigenvalue weighted by Gasteiger charge is 2.11. The second-order valence-electron chi connectivity index (χ2n) is 5.91. The number of aliphatic hydroxyl groups is 1. The summed E-state index contributed by atoms with van der Waals surface area (Å²) in [4.78, 5) is 14.8. The third-order valence-corrected chi connectivity index (χ3v) is 4.10. The van der Waals surface area contributed by atoms with Gasteiger partial charge in [0.2, 0.25) is 5.91 Å². The van der Waals surface area contributed by atoms with Crippen molar-refractivity contribution >= 4 is 16.8 Å². The molecule has 0 saturated carbocycles. The monoisotopic (exact) mass is 326 g/mol. The van der Waals surface area contributed by atoms with Crippen LogP contribution in [-0.2, 0) is 11.3 Å². The lowest BCUT2D eigenvalue weighted by Crippen LogP contribution is -2.31.